The molecule has 2 aliphatic rings. The lowest BCUT2D eigenvalue weighted by molar-refractivity contribution is -0.0796. The lowest BCUT2D eigenvalue weighted by Gasteiger charge is -2.47. The van der Waals surface area contributed by atoms with Gasteiger partial charge in [0.15, 0.2) is 0 Å². The Morgan fingerprint density at radius 2 is 1.67 bits per heavy atom. The average Bonchev–Trinajstić information content (AvgIpc) is 2.79. The van der Waals surface area contributed by atoms with Crippen LogP contribution >= 0.6 is 0 Å². The third kappa shape index (κ3) is 4.01. The molecule has 2 heteroatoms. The van der Waals surface area contributed by atoms with Crippen molar-refractivity contribution in [3.63, 3.8) is 0 Å². The summed E-state index contributed by atoms with van der Waals surface area (Å²) in [5.74, 6) is 1.72. The Labute approximate surface area is 132 Å². The van der Waals surface area contributed by atoms with Crippen LogP contribution in [0, 0.1) is 11.8 Å². The van der Waals surface area contributed by atoms with E-state index in [0.29, 0.717) is 6.04 Å². The highest BCUT2D eigenvalue weighted by atomic mass is 16.5. The van der Waals surface area contributed by atoms with Crippen LogP contribution in [0.3, 0.4) is 0 Å². The van der Waals surface area contributed by atoms with Gasteiger partial charge in [-0.1, -0.05) is 65.2 Å². The molecule has 0 bridgehead atoms. The van der Waals surface area contributed by atoms with E-state index in [1.807, 2.05) is 7.11 Å². The van der Waals surface area contributed by atoms with Gasteiger partial charge in [0.25, 0.3) is 0 Å². The molecular weight excluding hydrogens is 258 g/mol. The van der Waals surface area contributed by atoms with E-state index >= 15 is 0 Å². The van der Waals surface area contributed by atoms with Crippen molar-refractivity contribution in [2.24, 2.45) is 11.8 Å². The molecular formula is C19H37NO. The standard InChI is InChI=1S/C19H37NO/c1-4-16-12-8-9-13-17(16)18(20-5-2)19(21-3)14-10-6-7-11-15-19/h16-18,20H,4-15H2,1-3H3. The Kier molecular flexibility index (Phi) is 7.01. The molecule has 124 valence electrons. The molecule has 3 unspecified atom stereocenters. The number of methoxy groups -OCH3 is 1. The first kappa shape index (κ1) is 17.3. The Hall–Kier alpha value is -0.0800. The molecule has 0 aliphatic heterocycles. The average molecular weight is 296 g/mol. The third-order valence-corrected chi connectivity index (χ3v) is 6.27. The summed E-state index contributed by atoms with van der Waals surface area (Å²) < 4.78 is 6.26. The van der Waals surface area contributed by atoms with Crippen LogP contribution in [0.1, 0.15) is 84.5 Å². The number of rotatable bonds is 6. The quantitative estimate of drug-likeness (QED) is 0.702. The summed E-state index contributed by atoms with van der Waals surface area (Å²) in [6, 6.07) is 0.566. The predicted molar refractivity (Wildman–Crippen MR) is 90.6 cm³/mol. The zero-order chi connectivity index (χ0) is 15.1. The third-order valence-electron chi connectivity index (χ3n) is 6.27. The van der Waals surface area contributed by atoms with Gasteiger partial charge in [0, 0.05) is 13.2 Å². The van der Waals surface area contributed by atoms with Crippen LogP contribution in [0.25, 0.3) is 0 Å². The molecule has 0 amide bonds. The number of ether oxygens (including phenoxy) is 1. The first-order chi connectivity index (χ1) is 10.3. The highest BCUT2D eigenvalue weighted by molar-refractivity contribution is 5.00. The van der Waals surface area contributed by atoms with Gasteiger partial charge >= 0.3 is 0 Å². The maximum atomic E-state index is 6.26. The van der Waals surface area contributed by atoms with Gasteiger partial charge in [0.1, 0.15) is 0 Å². The number of hydrogen-bond donors (Lipinski definition) is 1. The second-order valence-electron chi connectivity index (χ2n) is 7.34. The Balaban J connectivity index is 2.21. The van der Waals surface area contributed by atoms with Crippen LogP contribution < -0.4 is 5.32 Å². The first-order valence-electron chi connectivity index (χ1n) is 9.56. The molecule has 0 radical (unpaired) electrons. The summed E-state index contributed by atoms with van der Waals surface area (Å²) >= 11 is 0. The summed E-state index contributed by atoms with van der Waals surface area (Å²) in [6.07, 6.45) is 15.0. The summed E-state index contributed by atoms with van der Waals surface area (Å²) in [5, 5.41) is 3.88. The van der Waals surface area contributed by atoms with Gasteiger partial charge in [-0.05, 0) is 37.6 Å². The van der Waals surface area contributed by atoms with Crippen LogP contribution in [-0.2, 0) is 4.74 Å². The molecule has 2 aliphatic carbocycles. The SMILES string of the molecule is CCNC(C1CCCCC1CC)C1(OC)CCCCCC1. The minimum Gasteiger partial charge on any atom is -0.377 e. The van der Waals surface area contributed by atoms with Crippen molar-refractivity contribution in [2.45, 2.75) is 96.1 Å². The van der Waals surface area contributed by atoms with E-state index < -0.39 is 0 Å². The van der Waals surface area contributed by atoms with Crippen molar-refractivity contribution in [1.29, 1.82) is 0 Å². The van der Waals surface area contributed by atoms with Crippen LogP contribution in [0.15, 0.2) is 0 Å². The fourth-order valence-corrected chi connectivity index (χ4v) is 5.10. The summed E-state index contributed by atoms with van der Waals surface area (Å²) in [5.41, 5.74) is 0.0991. The molecule has 3 atom stereocenters. The molecule has 0 aromatic carbocycles. The molecule has 2 saturated carbocycles. The minimum absolute atomic E-state index is 0.0991. The molecule has 2 fully saturated rings. The van der Waals surface area contributed by atoms with Gasteiger partial charge in [-0.15, -0.1) is 0 Å². The Morgan fingerprint density at radius 1 is 1.00 bits per heavy atom. The van der Waals surface area contributed by atoms with Crippen molar-refractivity contribution in [1.82, 2.24) is 5.32 Å². The van der Waals surface area contributed by atoms with E-state index in [0.717, 1.165) is 18.4 Å². The van der Waals surface area contributed by atoms with Gasteiger partial charge < -0.3 is 10.1 Å². The minimum atomic E-state index is 0.0991. The lowest BCUT2D eigenvalue weighted by atomic mass is 9.67. The summed E-state index contributed by atoms with van der Waals surface area (Å²) in [4.78, 5) is 0. The summed E-state index contributed by atoms with van der Waals surface area (Å²) in [7, 11) is 1.97. The largest absolute Gasteiger partial charge is 0.377 e. The molecule has 21 heavy (non-hydrogen) atoms. The fourth-order valence-electron chi connectivity index (χ4n) is 5.10. The van der Waals surface area contributed by atoms with E-state index in [1.165, 1.54) is 70.6 Å². The molecule has 2 nitrogen and oxygen atoms in total. The summed E-state index contributed by atoms with van der Waals surface area (Å²) in [6.45, 7) is 5.72. The van der Waals surface area contributed by atoms with Crippen molar-refractivity contribution in [3.05, 3.63) is 0 Å². The molecule has 0 spiro atoms. The maximum Gasteiger partial charge on any atom is 0.0833 e. The zero-order valence-electron chi connectivity index (χ0n) is 14.6. The van der Waals surface area contributed by atoms with Crippen LogP contribution in [0.4, 0.5) is 0 Å². The monoisotopic (exact) mass is 295 g/mol. The molecule has 0 aromatic rings. The van der Waals surface area contributed by atoms with Gasteiger partial charge in [-0.2, -0.15) is 0 Å². The second kappa shape index (κ2) is 8.53. The van der Waals surface area contributed by atoms with Gasteiger partial charge in [-0.25, -0.2) is 0 Å². The smallest absolute Gasteiger partial charge is 0.0833 e. The molecule has 0 aromatic heterocycles. The Morgan fingerprint density at radius 3 is 2.24 bits per heavy atom. The molecule has 0 heterocycles. The van der Waals surface area contributed by atoms with Gasteiger partial charge in [0.05, 0.1) is 5.60 Å². The normalized spacial score (nSPS) is 31.6. The van der Waals surface area contributed by atoms with E-state index in [4.69, 9.17) is 4.74 Å². The second-order valence-corrected chi connectivity index (χ2v) is 7.34. The van der Waals surface area contributed by atoms with Crippen molar-refractivity contribution in [3.8, 4) is 0 Å². The lowest BCUT2D eigenvalue weighted by Crippen LogP contribution is -2.57. The van der Waals surface area contributed by atoms with Gasteiger partial charge in [0.2, 0.25) is 0 Å². The highest BCUT2D eigenvalue weighted by Gasteiger charge is 2.45. The van der Waals surface area contributed by atoms with E-state index in [1.54, 1.807) is 0 Å². The maximum absolute atomic E-state index is 6.26. The van der Waals surface area contributed by atoms with Crippen molar-refractivity contribution >= 4 is 0 Å². The fraction of sp³-hybridized carbons (Fsp3) is 1.00. The van der Waals surface area contributed by atoms with Crippen LogP contribution in [0.2, 0.25) is 0 Å². The van der Waals surface area contributed by atoms with E-state index in [2.05, 4.69) is 19.2 Å². The highest BCUT2D eigenvalue weighted by Crippen LogP contribution is 2.43. The first-order valence-corrected chi connectivity index (χ1v) is 9.56. The van der Waals surface area contributed by atoms with Gasteiger partial charge in [-0.3, -0.25) is 0 Å². The van der Waals surface area contributed by atoms with Crippen molar-refractivity contribution in [2.75, 3.05) is 13.7 Å². The molecule has 2 rings (SSSR count). The van der Waals surface area contributed by atoms with E-state index in [9.17, 15) is 0 Å². The predicted octanol–water partition coefficient (Wildman–Crippen LogP) is 4.92. The number of hydrogen-bond acceptors (Lipinski definition) is 2. The van der Waals surface area contributed by atoms with E-state index in [-0.39, 0.29) is 5.60 Å². The number of likely N-dealkylation sites (N-methyl/N-ethyl adjacent to an activating group) is 1. The zero-order valence-corrected chi connectivity index (χ0v) is 14.6. The van der Waals surface area contributed by atoms with Crippen LogP contribution in [-0.4, -0.2) is 25.3 Å². The molecule has 1 N–H and O–H groups in total. The number of nitrogens with one attached hydrogen (secondary N) is 1. The van der Waals surface area contributed by atoms with Crippen LogP contribution in [0.5, 0.6) is 0 Å². The van der Waals surface area contributed by atoms with Crippen molar-refractivity contribution < 1.29 is 4.74 Å². The topological polar surface area (TPSA) is 21.3 Å². The Bertz CT molecular complexity index is 283. The molecule has 0 saturated heterocycles.